The SMILES string of the molecule is O=C(N[C@@H]1C=C[C@H](CO)C1)C1(c2cccc(Cl)c2)CC1. The van der Waals surface area contributed by atoms with Gasteiger partial charge in [-0.15, -0.1) is 0 Å². The van der Waals surface area contributed by atoms with Crippen molar-refractivity contribution in [2.24, 2.45) is 5.92 Å². The van der Waals surface area contributed by atoms with E-state index in [9.17, 15) is 4.79 Å². The highest BCUT2D eigenvalue weighted by Gasteiger charge is 2.51. The summed E-state index contributed by atoms with van der Waals surface area (Å²) in [6, 6.07) is 7.61. The smallest absolute Gasteiger partial charge is 0.231 e. The molecule has 1 saturated carbocycles. The molecule has 20 heavy (non-hydrogen) atoms. The van der Waals surface area contributed by atoms with Crippen LogP contribution >= 0.6 is 11.6 Å². The molecule has 0 aromatic heterocycles. The lowest BCUT2D eigenvalue weighted by Crippen LogP contribution is -2.40. The van der Waals surface area contributed by atoms with Crippen molar-refractivity contribution in [3.05, 3.63) is 47.0 Å². The van der Waals surface area contributed by atoms with Crippen molar-refractivity contribution in [1.82, 2.24) is 5.32 Å². The molecule has 0 unspecified atom stereocenters. The standard InChI is InChI=1S/C16H18ClNO2/c17-13-3-1-2-12(9-13)16(6-7-16)15(20)18-14-5-4-11(8-14)10-19/h1-5,9,11,14,19H,6-8,10H2,(H,18,20)/t11-,14+/m0/s1. The Kier molecular flexibility index (Phi) is 3.57. The fourth-order valence-electron chi connectivity index (χ4n) is 2.88. The van der Waals surface area contributed by atoms with E-state index < -0.39 is 5.41 Å². The fraction of sp³-hybridized carbons (Fsp3) is 0.438. The van der Waals surface area contributed by atoms with Crippen LogP contribution < -0.4 is 5.32 Å². The minimum Gasteiger partial charge on any atom is -0.396 e. The van der Waals surface area contributed by atoms with Crippen LogP contribution in [-0.4, -0.2) is 23.7 Å². The molecule has 0 heterocycles. The van der Waals surface area contributed by atoms with Gasteiger partial charge >= 0.3 is 0 Å². The molecule has 106 valence electrons. The maximum absolute atomic E-state index is 12.5. The van der Waals surface area contributed by atoms with Crippen molar-refractivity contribution < 1.29 is 9.90 Å². The third-order valence-corrected chi connectivity index (χ3v) is 4.52. The minimum atomic E-state index is -0.393. The van der Waals surface area contributed by atoms with Gasteiger partial charge in [0.05, 0.1) is 5.41 Å². The van der Waals surface area contributed by atoms with Crippen molar-refractivity contribution >= 4 is 17.5 Å². The first-order valence-corrected chi connectivity index (χ1v) is 7.38. The van der Waals surface area contributed by atoms with Crippen molar-refractivity contribution in [2.75, 3.05) is 6.61 Å². The fourth-order valence-corrected chi connectivity index (χ4v) is 3.07. The summed E-state index contributed by atoms with van der Waals surface area (Å²) in [5, 5.41) is 12.9. The first-order chi connectivity index (χ1) is 9.64. The Bertz CT molecular complexity index is 551. The Balaban J connectivity index is 1.70. The van der Waals surface area contributed by atoms with E-state index in [4.69, 9.17) is 16.7 Å². The van der Waals surface area contributed by atoms with E-state index in [1.807, 2.05) is 36.4 Å². The van der Waals surface area contributed by atoms with Crippen LogP contribution in [0.2, 0.25) is 5.02 Å². The second-order valence-corrected chi connectivity index (χ2v) is 6.17. The Morgan fingerprint density at radius 1 is 1.40 bits per heavy atom. The molecule has 0 spiro atoms. The topological polar surface area (TPSA) is 49.3 Å². The molecule has 1 aromatic rings. The zero-order valence-electron chi connectivity index (χ0n) is 11.2. The quantitative estimate of drug-likeness (QED) is 0.837. The van der Waals surface area contributed by atoms with Crippen molar-refractivity contribution in [2.45, 2.75) is 30.7 Å². The third kappa shape index (κ3) is 2.48. The molecule has 3 nitrogen and oxygen atoms in total. The monoisotopic (exact) mass is 291 g/mol. The third-order valence-electron chi connectivity index (χ3n) is 4.29. The van der Waals surface area contributed by atoms with Crippen LogP contribution in [0.3, 0.4) is 0 Å². The summed E-state index contributed by atoms with van der Waals surface area (Å²) >= 11 is 6.02. The van der Waals surface area contributed by atoms with E-state index in [0.29, 0.717) is 5.02 Å². The maximum atomic E-state index is 12.5. The lowest BCUT2D eigenvalue weighted by Gasteiger charge is -2.19. The molecule has 0 aliphatic heterocycles. The van der Waals surface area contributed by atoms with E-state index in [0.717, 1.165) is 24.8 Å². The van der Waals surface area contributed by atoms with Crippen molar-refractivity contribution in [1.29, 1.82) is 0 Å². The summed E-state index contributed by atoms with van der Waals surface area (Å²) < 4.78 is 0. The summed E-state index contributed by atoms with van der Waals surface area (Å²) in [6.07, 6.45) is 6.49. The molecular formula is C16H18ClNO2. The van der Waals surface area contributed by atoms with Crippen molar-refractivity contribution in [3.8, 4) is 0 Å². The zero-order valence-corrected chi connectivity index (χ0v) is 11.9. The van der Waals surface area contributed by atoms with E-state index in [1.165, 1.54) is 0 Å². The number of carbonyl (C=O) groups excluding carboxylic acids is 1. The van der Waals surface area contributed by atoms with Crippen LogP contribution in [-0.2, 0) is 10.2 Å². The van der Waals surface area contributed by atoms with E-state index in [2.05, 4.69) is 5.32 Å². The lowest BCUT2D eigenvalue weighted by atomic mass is 9.94. The number of rotatable bonds is 4. The average molecular weight is 292 g/mol. The zero-order chi connectivity index (χ0) is 14.2. The van der Waals surface area contributed by atoms with E-state index in [1.54, 1.807) is 0 Å². The molecular weight excluding hydrogens is 274 g/mol. The van der Waals surface area contributed by atoms with Gasteiger partial charge < -0.3 is 10.4 Å². The Labute approximate surface area is 123 Å². The van der Waals surface area contributed by atoms with Gasteiger partial charge in [-0.1, -0.05) is 35.9 Å². The minimum absolute atomic E-state index is 0.0382. The van der Waals surface area contributed by atoms with Gasteiger partial charge in [0.15, 0.2) is 0 Å². The summed E-state index contributed by atoms with van der Waals surface area (Å²) in [5.74, 6) is 0.245. The molecule has 0 saturated heterocycles. The molecule has 1 amide bonds. The predicted molar refractivity (Wildman–Crippen MR) is 78.6 cm³/mol. The second-order valence-electron chi connectivity index (χ2n) is 5.74. The number of amides is 1. The predicted octanol–water partition coefficient (Wildman–Crippen LogP) is 2.42. The average Bonchev–Trinajstić information content (AvgIpc) is 3.14. The number of hydrogen-bond acceptors (Lipinski definition) is 2. The van der Waals surface area contributed by atoms with Gasteiger partial charge in [0, 0.05) is 23.6 Å². The Hall–Kier alpha value is -1.32. The second kappa shape index (κ2) is 5.23. The van der Waals surface area contributed by atoms with Gasteiger partial charge in [0.1, 0.15) is 0 Å². The summed E-state index contributed by atoms with van der Waals surface area (Å²) in [7, 11) is 0. The van der Waals surface area contributed by atoms with Crippen LogP contribution in [0.25, 0.3) is 0 Å². The van der Waals surface area contributed by atoms with Crippen LogP contribution in [0.4, 0.5) is 0 Å². The van der Waals surface area contributed by atoms with Crippen LogP contribution in [0.1, 0.15) is 24.8 Å². The summed E-state index contributed by atoms with van der Waals surface area (Å²) in [4.78, 5) is 12.5. The van der Waals surface area contributed by atoms with Crippen molar-refractivity contribution in [3.63, 3.8) is 0 Å². The van der Waals surface area contributed by atoms with Crippen LogP contribution in [0.5, 0.6) is 0 Å². The maximum Gasteiger partial charge on any atom is 0.231 e. The summed E-state index contributed by atoms with van der Waals surface area (Å²) in [6.45, 7) is 0.141. The molecule has 0 radical (unpaired) electrons. The number of aliphatic hydroxyl groups excluding tert-OH is 1. The molecule has 3 rings (SSSR count). The van der Waals surface area contributed by atoms with E-state index in [-0.39, 0.29) is 24.5 Å². The van der Waals surface area contributed by atoms with Gasteiger partial charge in [-0.25, -0.2) is 0 Å². The highest BCUT2D eigenvalue weighted by atomic mass is 35.5. The van der Waals surface area contributed by atoms with Gasteiger partial charge in [-0.2, -0.15) is 0 Å². The summed E-state index contributed by atoms with van der Waals surface area (Å²) in [5.41, 5.74) is 0.610. The molecule has 4 heteroatoms. The van der Waals surface area contributed by atoms with Crippen LogP contribution in [0, 0.1) is 5.92 Å². The first kappa shape index (κ1) is 13.7. The van der Waals surface area contributed by atoms with Gasteiger partial charge in [-0.3, -0.25) is 4.79 Å². The number of hydrogen-bond donors (Lipinski definition) is 2. The number of nitrogens with one attached hydrogen (secondary N) is 1. The van der Waals surface area contributed by atoms with Gasteiger partial charge in [0.2, 0.25) is 5.91 Å². The number of benzene rings is 1. The molecule has 2 atom stereocenters. The highest BCUT2D eigenvalue weighted by Crippen LogP contribution is 2.49. The molecule has 2 aliphatic rings. The molecule has 2 aliphatic carbocycles. The van der Waals surface area contributed by atoms with Gasteiger partial charge in [-0.05, 0) is 37.0 Å². The molecule has 2 N–H and O–H groups in total. The lowest BCUT2D eigenvalue weighted by molar-refractivity contribution is -0.124. The molecule has 1 aromatic carbocycles. The number of aliphatic hydroxyl groups is 1. The molecule has 0 bridgehead atoms. The number of carbonyl (C=O) groups is 1. The Morgan fingerprint density at radius 2 is 2.20 bits per heavy atom. The van der Waals surface area contributed by atoms with E-state index >= 15 is 0 Å². The largest absolute Gasteiger partial charge is 0.396 e. The molecule has 1 fully saturated rings. The number of halogens is 1. The highest BCUT2D eigenvalue weighted by molar-refractivity contribution is 6.30. The van der Waals surface area contributed by atoms with Crippen LogP contribution in [0.15, 0.2) is 36.4 Å². The normalized spacial score (nSPS) is 26.5. The first-order valence-electron chi connectivity index (χ1n) is 7.00. The Morgan fingerprint density at radius 3 is 2.80 bits per heavy atom. The van der Waals surface area contributed by atoms with Gasteiger partial charge in [0.25, 0.3) is 0 Å².